The van der Waals surface area contributed by atoms with Crippen LogP contribution in [-0.4, -0.2) is 15.0 Å². The monoisotopic (exact) mass is 340 g/mol. The van der Waals surface area contributed by atoms with E-state index >= 15 is 0 Å². The van der Waals surface area contributed by atoms with Crippen molar-refractivity contribution in [2.24, 2.45) is 5.92 Å². The van der Waals surface area contributed by atoms with Gasteiger partial charge in [-0.1, -0.05) is 13.8 Å². The minimum atomic E-state index is -3.71. The van der Waals surface area contributed by atoms with Crippen LogP contribution in [0.15, 0.2) is 27.6 Å². The van der Waals surface area contributed by atoms with E-state index in [1.807, 2.05) is 0 Å². The Hall–Kier alpha value is -0.260. The molecule has 0 saturated carbocycles. The van der Waals surface area contributed by atoms with Gasteiger partial charge in [-0.25, -0.2) is 8.42 Å². The molecule has 0 fully saturated rings. The van der Waals surface area contributed by atoms with Gasteiger partial charge in [-0.2, -0.15) is 0 Å². The van der Waals surface area contributed by atoms with Crippen molar-refractivity contribution >= 4 is 35.7 Å². The van der Waals surface area contributed by atoms with Gasteiger partial charge >= 0.3 is 0 Å². The summed E-state index contributed by atoms with van der Waals surface area (Å²) in [7, 11) is 1.55. The maximum absolute atomic E-state index is 11.2. The topological polar surface area (TPSA) is 43.4 Å². The molecule has 0 aliphatic rings. The lowest BCUT2D eigenvalue weighted by Crippen LogP contribution is -2.02. The fourth-order valence-electron chi connectivity index (χ4n) is 1.18. The molecule has 0 heterocycles. The first-order valence-corrected chi connectivity index (χ1v) is 8.28. The van der Waals surface area contributed by atoms with Crippen molar-refractivity contribution in [3.8, 4) is 5.75 Å². The highest BCUT2D eigenvalue weighted by atomic mass is 79.9. The summed E-state index contributed by atoms with van der Waals surface area (Å²) in [5.74, 6) is 1.20. The van der Waals surface area contributed by atoms with Crippen LogP contribution in [-0.2, 0) is 9.05 Å². The van der Waals surface area contributed by atoms with Crippen molar-refractivity contribution in [3.05, 3.63) is 22.7 Å². The summed E-state index contributed by atoms with van der Waals surface area (Å²) >= 11 is 3.16. The van der Waals surface area contributed by atoms with E-state index in [-0.39, 0.29) is 4.90 Å². The van der Waals surface area contributed by atoms with Gasteiger partial charge < -0.3 is 4.74 Å². The Balaban J connectivity index is 2.76. The van der Waals surface area contributed by atoms with Gasteiger partial charge in [0.1, 0.15) is 5.75 Å². The molecule has 1 aromatic rings. The Morgan fingerprint density at radius 2 is 2.06 bits per heavy atom. The average molecular weight is 342 g/mol. The molecule has 0 atom stereocenters. The zero-order chi connectivity index (χ0) is 13.1. The quantitative estimate of drug-likeness (QED) is 0.765. The van der Waals surface area contributed by atoms with Gasteiger partial charge in [0.25, 0.3) is 9.05 Å². The van der Waals surface area contributed by atoms with Crippen LogP contribution >= 0.6 is 26.6 Å². The van der Waals surface area contributed by atoms with E-state index in [4.69, 9.17) is 15.4 Å². The van der Waals surface area contributed by atoms with E-state index in [2.05, 4.69) is 29.8 Å². The average Bonchev–Trinajstić information content (AvgIpc) is 2.14. The van der Waals surface area contributed by atoms with Crippen molar-refractivity contribution < 1.29 is 13.2 Å². The Bertz CT molecular complexity index is 485. The third-order valence-electron chi connectivity index (χ3n) is 2.13. The van der Waals surface area contributed by atoms with Crippen LogP contribution in [0.4, 0.5) is 0 Å². The summed E-state index contributed by atoms with van der Waals surface area (Å²) in [6.07, 6.45) is 0.952. The maximum atomic E-state index is 11.2. The van der Waals surface area contributed by atoms with Gasteiger partial charge in [-0.05, 0) is 46.5 Å². The molecule has 3 nitrogen and oxygen atoms in total. The summed E-state index contributed by atoms with van der Waals surface area (Å²) in [6.45, 7) is 4.84. The van der Waals surface area contributed by atoms with E-state index in [9.17, 15) is 8.42 Å². The predicted molar refractivity (Wildman–Crippen MR) is 72.1 cm³/mol. The van der Waals surface area contributed by atoms with Crippen molar-refractivity contribution in [2.45, 2.75) is 25.2 Å². The zero-order valence-corrected chi connectivity index (χ0v) is 12.8. The van der Waals surface area contributed by atoms with Gasteiger partial charge in [0.2, 0.25) is 0 Å². The number of hydrogen-bond acceptors (Lipinski definition) is 3. The molecule has 6 heteroatoms. The van der Waals surface area contributed by atoms with E-state index in [0.717, 1.165) is 6.42 Å². The molecule has 1 aromatic carbocycles. The highest BCUT2D eigenvalue weighted by Crippen LogP contribution is 2.29. The number of benzene rings is 1. The molecule has 1 rings (SSSR count). The van der Waals surface area contributed by atoms with Crippen molar-refractivity contribution in [1.82, 2.24) is 0 Å². The summed E-state index contributed by atoms with van der Waals surface area (Å²) in [6, 6.07) is 4.63. The fraction of sp³-hybridized carbons (Fsp3) is 0.455. The number of ether oxygens (including phenoxy) is 1. The summed E-state index contributed by atoms with van der Waals surface area (Å²) in [5.41, 5.74) is 0. The molecule has 17 heavy (non-hydrogen) atoms. The van der Waals surface area contributed by atoms with Gasteiger partial charge in [0.05, 0.1) is 11.5 Å². The SMILES string of the molecule is CC(C)CCOc1ccc(S(=O)(=O)Cl)c(Br)c1. The third kappa shape index (κ3) is 4.85. The lowest BCUT2D eigenvalue weighted by Gasteiger charge is -2.09. The second-order valence-electron chi connectivity index (χ2n) is 4.06. The molecular formula is C11H14BrClO3S. The van der Waals surface area contributed by atoms with Gasteiger partial charge in [-0.3, -0.25) is 0 Å². The third-order valence-corrected chi connectivity index (χ3v) is 4.43. The Kier molecular flexibility index (Phi) is 5.28. The lowest BCUT2D eigenvalue weighted by atomic mass is 10.1. The fourth-order valence-corrected chi connectivity index (χ4v) is 3.38. The van der Waals surface area contributed by atoms with Gasteiger partial charge in [0.15, 0.2) is 0 Å². The van der Waals surface area contributed by atoms with E-state index in [1.165, 1.54) is 6.07 Å². The minimum Gasteiger partial charge on any atom is -0.494 e. The Morgan fingerprint density at radius 3 is 2.53 bits per heavy atom. The molecule has 0 aliphatic carbocycles. The van der Waals surface area contributed by atoms with E-state index < -0.39 is 9.05 Å². The first-order chi connectivity index (χ1) is 7.80. The Labute approximate surface area is 115 Å². The molecule has 0 aliphatic heterocycles. The second kappa shape index (κ2) is 6.07. The second-order valence-corrected chi connectivity index (χ2v) is 7.45. The predicted octanol–water partition coefficient (Wildman–Crippen LogP) is 3.80. The number of rotatable bonds is 5. The smallest absolute Gasteiger partial charge is 0.262 e. The number of halogens is 2. The number of hydrogen-bond donors (Lipinski definition) is 0. The van der Waals surface area contributed by atoms with Crippen molar-refractivity contribution in [3.63, 3.8) is 0 Å². The van der Waals surface area contributed by atoms with Gasteiger partial charge in [-0.15, -0.1) is 0 Å². The molecule has 0 radical (unpaired) electrons. The van der Waals surface area contributed by atoms with E-state index in [0.29, 0.717) is 22.7 Å². The first kappa shape index (κ1) is 14.8. The summed E-state index contributed by atoms with van der Waals surface area (Å²) in [4.78, 5) is 0.0513. The van der Waals surface area contributed by atoms with Crippen molar-refractivity contribution in [1.29, 1.82) is 0 Å². The molecular weight excluding hydrogens is 328 g/mol. The molecule has 0 amide bonds. The molecule has 0 bridgehead atoms. The maximum Gasteiger partial charge on any atom is 0.262 e. The summed E-state index contributed by atoms with van der Waals surface area (Å²) in [5, 5.41) is 0. The zero-order valence-electron chi connectivity index (χ0n) is 9.61. The summed E-state index contributed by atoms with van der Waals surface area (Å²) < 4.78 is 28.2. The highest BCUT2D eigenvalue weighted by Gasteiger charge is 2.14. The Morgan fingerprint density at radius 1 is 1.41 bits per heavy atom. The van der Waals surface area contributed by atoms with Crippen molar-refractivity contribution in [2.75, 3.05) is 6.61 Å². The molecule has 0 spiro atoms. The molecule has 0 aromatic heterocycles. The first-order valence-electron chi connectivity index (χ1n) is 5.17. The van der Waals surface area contributed by atoms with Crippen LogP contribution in [0.1, 0.15) is 20.3 Å². The van der Waals surface area contributed by atoms with E-state index in [1.54, 1.807) is 12.1 Å². The normalized spacial score (nSPS) is 11.8. The van der Waals surface area contributed by atoms with Crippen LogP contribution in [0.25, 0.3) is 0 Å². The lowest BCUT2D eigenvalue weighted by molar-refractivity contribution is 0.289. The van der Waals surface area contributed by atoms with Crippen LogP contribution in [0, 0.1) is 5.92 Å². The largest absolute Gasteiger partial charge is 0.494 e. The minimum absolute atomic E-state index is 0.0513. The molecule has 0 saturated heterocycles. The van der Waals surface area contributed by atoms with Crippen LogP contribution in [0.5, 0.6) is 5.75 Å². The van der Waals surface area contributed by atoms with Crippen LogP contribution in [0.2, 0.25) is 0 Å². The molecule has 96 valence electrons. The van der Waals surface area contributed by atoms with Crippen LogP contribution < -0.4 is 4.74 Å². The highest BCUT2D eigenvalue weighted by molar-refractivity contribution is 9.10. The van der Waals surface area contributed by atoms with Crippen LogP contribution in [0.3, 0.4) is 0 Å². The standard InChI is InChI=1S/C11H14BrClO3S/c1-8(2)5-6-16-9-3-4-11(10(12)7-9)17(13,14)15/h3-4,7-8H,5-6H2,1-2H3. The molecule has 0 N–H and O–H groups in total. The van der Waals surface area contributed by atoms with Gasteiger partial charge in [0, 0.05) is 15.2 Å². The molecule has 0 unspecified atom stereocenters.